The fraction of sp³-hybridized carbons (Fsp3) is 0.727. The van der Waals surface area contributed by atoms with Gasteiger partial charge in [-0.25, -0.2) is 0 Å². The van der Waals surface area contributed by atoms with E-state index in [1.54, 1.807) is 0 Å². The number of nitrogens with zero attached hydrogens (tertiary/aromatic N) is 3. The highest BCUT2D eigenvalue weighted by Gasteiger charge is 2.36. The van der Waals surface area contributed by atoms with Crippen LogP contribution < -0.4 is 5.32 Å². The number of carbonyl (C=O) groups is 1. The predicted molar refractivity (Wildman–Crippen MR) is 61.5 cm³/mol. The van der Waals surface area contributed by atoms with Gasteiger partial charge < -0.3 is 5.32 Å². The van der Waals surface area contributed by atoms with E-state index in [4.69, 9.17) is 0 Å². The molecule has 2 fully saturated rings. The van der Waals surface area contributed by atoms with Gasteiger partial charge in [-0.3, -0.25) is 9.69 Å². The molecule has 3 rings (SSSR count). The Balaban J connectivity index is 1.64. The van der Waals surface area contributed by atoms with E-state index in [9.17, 15) is 4.79 Å². The van der Waals surface area contributed by atoms with Crippen LogP contribution in [0.25, 0.3) is 0 Å². The number of H-pyrrole nitrogens is 1. The summed E-state index contributed by atoms with van der Waals surface area (Å²) >= 11 is 0. The number of aromatic amines is 1. The van der Waals surface area contributed by atoms with Crippen LogP contribution >= 0.6 is 0 Å². The molecular weight excluding hydrogens is 218 g/mol. The van der Waals surface area contributed by atoms with Gasteiger partial charge in [-0.2, -0.15) is 15.4 Å². The van der Waals surface area contributed by atoms with Gasteiger partial charge in [-0.1, -0.05) is 6.42 Å². The molecule has 0 aliphatic carbocycles. The first-order valence-electron chi connectivity index (χ1n) is 6.25. The molecule has 2 unspecified atom stereocenters. The molecule has 6 heteroatoms. The molecule has 0 radical (unpaired) electrons. The summed E-state index contributed by atoms with van der Waals surface area (Å²) in [6.45, 7) is 2.29. The van der Waals surface area contributed by atoms with Crippen molar-refractivity contribution in [2.75, 3.05) is 13.1 Å². The van der Waals surface area contributed by atoms with E-state index >= 15 is 0 Å². The Bertz CT molecular complexity index is 391. The topological polar surface area (TPSA) is 73.9 Å². The van der Waals surface area contributed by atoms with E-state index in [1.165, 1.54) is 32.0 Å². The van der Waals surface area contributed by atoms with Crippen LogP contribution in [-0.4, -0.2) is 51.4 Å². The minimum absolute atomic E-state index is 0.115. The van der Waals surface area contributed by atoms with E-state index in [0.29, 0.717) is 11.7 Å². The average molecular weight is 235 g/mol. The third kappa shape index (κ3) is 2.04. The zero-order valence-electron chi connectivity index (χ0n) is 9.72. The average Bonchev–Trinajstić information content (AvgIpc) is 2.98. The van der Waals surface area contributed by atoms with Crippen molar-refractivity contribution in [2.45, 2.75) is 37.8 Å². The molecule has 1 amide bonds. The number of hydrogen-bond donors (Lipinski definition) is 2. The van der Waals surface area contributed by atoms with Gasteiger partial charge in [0.05, 0.1) is 6.20 Å². The first kappa shape index (κ1) is 10.7. The van der Waals surface area contributed by atoms with Crippen LogP contribution in [0.3, 0.4) is 0 Å². The van der Waals surface area contributed by atoms with Crippen molar-refractivity contribution in [2.24, 2.45) is 0 Å². The van der Waals surface area contributed by atoms with Gasteiger partial charge in [0, 0.05) is 18.6 Å². The molecule has 17 heavy (non-hydrogen) atoms. The maximum absolute atomic E-state index is 11.9. The van der Waals surface area contributed by atoms with Gasteiger partial charge in [0.25, 0.3) is 5.91 Å². The van der Waals surface area contributed by atoms with Crippen LogP contribution in [0.15, 0.2) is 6.20 Å². The Morgan fingerprint density at radius 2 is 2.35 bits per heavy atom. The molecule has 0 aromatic carbocycles. The number of hydrogen-bond acceptors (Lipinski definition) is 4. The molecule has 0 saturated carbocycles. The summed E-state index contributed by atoms with van der Waals surface area (Å²) < 4.78 is 0. The van der Waals surface area contributed by atoms with E-state index in [1.807, 2.05) is 0 Å². The van der Waals surface area contributed by atoms with Crippen molar-refractivity contribution in [1.82, 2.24) is 25.6 Å². The minimum atomic E-state index is -0.115. The maximum atomic E-state index is 11.9. The second kappa shape index (κ2) is 4.44. The Kier molecular flexibility index (Phi) is 2.80. The molecule has 0 spiro atoms. The fourth-order valence-electron chi connectivity index (χ4n) is 2.97. The summed E-state index contributed by atoms with van der Waals surface area (Å²) in [6.07, 6.45) is 6.28. The van der Waals surface area contributed by atoms with Crippen molar-refractivity contribution in [3.8, 4) is 0 Å². The highest BCUT2D eigenvalue weighted by Crippen LogP contribution is 2.27. The summed E-state index contributed by atoms with van der Waals surface area (Å²) in [7, 11) is 0. The fourth-order valence-corrected chi connectivity index (χ4v) is 2.97. The number of nitrogens with one attached hydrogen (secondary N) is 2. The Morgan fingerprint density at radius 1 is 1.41 bits per heavy atom. The van der Waals surface area contributed by atoms with Crippen LogP contribution in [0.1, 0.15) is 36.2 Å². The molecule has 3 heterocycles. The quantitative estimate of drug-likeness (QED) is 0.766. The van der Waals surface area contributed by atoms with Crippen LogP contribution in [0, 0.1) is 0 Å². The lowest BCUT2D eigenvalue weighted by Gasteiger charge is -2.32. The highest BCUT2D eigenvalue weighted by molar-refractivity contribution is 5.92. The number of fused-ring (bicyclic) bond motifs is 1. The number of rotatable bonds is 2. The number of piperidine rings is 1. The van der Waals surface area contributed by atoms with Crippen molar-refractivity contribution >= 4 is 5.91 Å². The smallest absolute Gasteiger partial charge is 0.273 e. The summed E-state index contributed by atoms with van der Waals surface area (Å²) in [4.78, 5) is 14.4. The van der Waals surface area contributed by atoms with Gasteiger partial charge in [-0.15, -0.1) is 0 Å². The molecule has 92 valence electrons. The first-order valence-corrected chi connectivity index (χ1v) is 6.25. The Morgan fingerprint density at radius 3 is 3.18 bits per heavy atom. The van der Waals surface area contributed by atoms with Crippen molar-refractivity contribution in [3.05, 3.63) is 11.9 Å². The zero-order valence-corrected chi connectivity index (χ0v) is 9.72. The number of amides is 1. The van der Waals surface area contributed by atoms with E-state index in [2.05, 4.69) is 25.6 Å². The van der Waals surface area contributed by atoms with E-state index in [-0.39, 0.29) is 11.9 Å². The molecule has 6 nitrogen and oxygen atoms in total. The molecule has 2 N–H and O–H groups in total. The van der Waals surface area contributed by atoms with E-state index < -0.39 is 0 Å². The maximum Gasteiger partial charge on any atom is 0.273 e. The Labute approximate surface area is 99.8 Å². The standard InChI is InChI=1S/C11H17N5O/c17-11(9-7-12-15-14-9)13-8-4-6-16-5-2-1-3-10(8)16/h7-8,10H,1-6H2,(H,13,17)(H,12,14,15). The molecule has 2 atom stereocenters. The van der Waals surface area contributed by atoms with Gasteiger partial charge in [-0.05, 0) is 25.8 Å². The third-order valence-electron chi connectivity index (χ3n) is 3.82. The summed E-state index contributed by atoms with van der Waals surface area (Å²) in [5.74, 6) is -0.115. The number of carbonyl (C=O) groups excluding carboxylic acids is 1. The lowest BCUT2D eigenvalue weighted by atomic mass is 9.99. The third-order valence-corrected chi connectivity index (χ3v) is 3.82. The monoisotopic (exact) mass is 235 g/mol. The molecule has 2 aliphatic heterocycles. The lowest BCUT2D eigenvalue weighted by molar-refractivity contribution is 0.0910. The van der Waals surface area contributed by atoms with Crippen LogP contribution in [0.5, 0.6) is 0 Å². The zero-order chi connectivity index (χ0) is 11.7. The molecular formula is C11H17N5O. The predicted octanol–water partition coefficient (Wildman–Crippen LogP) is 0.161. The van der Waals surface area contributed by atoms with Gasteiger partial charge in [0.2, 0.25) is 0 Å². The second-order valence-corrected chi connectivity index (χ2v) is 4.82. The Hall–Kier alpha value is -1.43. The highest BCUT2D eigenvalue weighted by atomic mass is 16.2. The van der Waals surface area contributed by atoms with Gasteiger partial charge in [0.15, 0.2) is 5.69 Å². The van der Waals surface area contributed by atoms with Crippen molar-refractivity contribution in [1.29, 1.82) is 0 Å². The van der Waals surface area contributed by atoms with Crippen molar-refractivity contribution in [3.63, 3.8) is 0 Å². The van der Waals surface area contributed by atoms with Crippen LogP contribution in [0.4, 0.5) is 0 Å². The van der Waals surface area contributed by atoms with Gasteiger partial charge in [0.1, 0.15) is 0 Å². The first-order chi connectivity index (χ1) is 8.34. The van der Waals surface area contributed by atoms with Crippen LogP contribution in [-0.2, 0) is 0 Å². The van der Waals surface area contributed by atoms with Crippen LogP contribution in [0.2, 0.25) is 0 Å². The largest absolute Gasteiger partial charge is 0.346 e. The molecule has 1 aromatic heterocycles. The summed E-state index contributed by atoms with van der Waals surface area (Å²) in [6, 6.07) is 0.805. The molecule has 2 aliphatic rings. The van der Waals surface area contributed by atoms with Gasteiger partial charge >= 0.3 is 0 Å². The summed E-state index contributed by atoms with van der Waals surface area (Å²) in [5, 5.41) is 13.0. The number of aromatic nitrogens is 3. The normalized spacial score (nSPS) is 28.9. The van der Waals surface area contributed by atoms with Crippen molar-refractivity contribution < 1.29 is 4.79 Å². The second-order valence-electron chi connectivity index (χ2n) is 4.82. The SMILES string of the molecule is O=C(NC1CCN2CCCCC12)c1cn[nH]n1. The molecule has 2 saturated heterocycles. The molecule has 1 aromatic rings. The van der Waals surface area contributed by atoms with E-state index in [0.717, 1.165) is 13.0 Å². The summed E-state index contributed by atoms with van der Waals surface area (Å²) in [5.41, 5.74) is 0.374. The minimum Gasteiger partial charge on any atom is -0.346 e. The molecule has 0 bridgehead atoms. The lowest BCUT2D eigenvalue weighted by Crippen LogP contribution is -2.46.